The molecule has 0 aliphatic carbocycles. The van der Waals surface area contributed by atoms with E-state index in [0.717, 1.165) is 5.56 Å². The molecule has 4 nitrogen and oxygen atoms in total. The fourth-order valence-corrected chi connectivity index (χ4v) is 1.65. The van der Waals surface area contributed by atoms with Gasteiger partial charge in [-0.05, 0) is 51.5 Å². The van der Waals surface area contributed by atoms with E-state index in [2.05, 4.69) is 36.2 Å². The number of hydrogen-bond acceptors (Lipinski definition) is 4. The highest BCUT2D eigenvalue weighted by molar-refractivity contribution is 5.55. The number of rotatable bonds is 3. The van der Waals surface area contributed by atoms with Crippen molar-refractivity contribution < 1.29 is 8.91 Å². The molecule has 1 heterocycles. The van der Waals surface area contributed by atoms with Crippen molar-refractivity contribution in [3.63, 3.8) is 0 Å². The summed E-state index contributed by atoms with van der Waals surface area (Å²) >= 11 is 0. The number of aryl methyl sites for hydroxylation is 1. The van der Waals surface area contributed by atoms with Crippen molar-refractivity contribution in [1.82, 2.24) is 15.5 Å². The van der Waals surface area contributed by atoms with Crippen LogP contribution in [0.2, 0.25) is 0 Å². The minimum Gasteiger partial charge on any atom is -0.338 e. The first-order chi connectivity index (χ1) is 8.83. The predicted octanol–water partition coefficient (Wildman–Crippen LogP) is 3.07. The number of nitrogens with one attached hydrogen (secondary N) is 1. The summed E-state index contributed by atoms with van der Waals surface area (Å²) in [6.07, 6.45) is 0. The average molecular weight is 263 g/mol. The predicted molar refractivity (Wildman–Crippen MR) is 71.0 cm³/mol. The molecule has 0 aliphatic heterocycles. The van der Waals surface area contributed by atoms with E-state index in [-0.39, 0.29) is 11.4 Å². The number of hydrogen-bond donors (Lipinski definition) is 1. The summed E-state index contributed by atoms with van der Waals surface area (Å²) in [5.41, 5.74) is 1.43. The molecule has 0 atom stereocenters. The second kappa shape index (κ2) is 5.09. The third-order valence-electron chi connectivity index (χ3n) is 2.54. The molecule has 0 spiro atoms. The highest BCUT2D eigenvalue weighted by Gasteiger charge is 2.13. The van der Waals surface area contributed by atoms with E-state index in [1.807, 2.05) is 13.0 Å². The van der Waals surface area contributed by atoms with E-state index in [0.29, 0.717) is 23.8 Å². The fourth-order valence-electron chi connectivity index (χ4n) is 1.65. The van der Waals surface area contributed by atoms with Crippen LogP contribution in [0.4, 0.5) is 4.39 Å². The minimum absolute atomic E-state index is 0.0237. The third-order valence-corrected chi connectivity index (χ3v) is 2.54. The summed E-state index contributed by atoms with van der Waals surface area (Å²) in [4.78, 5) is 4.26. The Morgan fingerprint density at radius 1 is 1.26 bits per heavy atom. The molecule has 2 aromatic rings. The van der Waals surface area contributed by atoms with Crippen LogP contribution in [0, 0.1) is 12.7 Å². The Bertz CT molecular complexity index is 552. The Kier molecular flexibility index (Phi) is 3.66. The Hall–Kier alpha value is -1.75. The molecule has 0 saturated heterocycles. The van der Waals surface area contributed by atoms with Crippen LogP contribution in [0.15, 0.2) is 22.7 Å². The summed E-state index contributed by atoms with van der Waals surface area (Å²) in [6, 6.07) is 4.69. The van der Waals surface area contributed by atoms with Gasteiger partial charge < -0.3 is 9.84 Å². The van der Waals surface area contributed by atoms with Crippen LogP contribution < -0.4 is 5.32 Å². The van der Waals surface area contributed by atoms with Gasteiger partial charge in [0.15, 0.2) is 0 Å². The van der Waals surface area contributed by atoms with Crippen molar-refractivity contribution in [3.8, 4) is 11.4 Å². The smallest absolute Gasteiger partial charge is 0.240 e. The zero-order chi connectivity index (χ0) is 14.0. The van der Waals surface area contributed by atoms with Crippen LogP contribution in [-0.4, -0.2) is 15.7 Å². The lowest BCUT2D eigenvalue weighted by atomic mass is 10.1. The average Bonchev–Trinajstić information content (AvgIpc) is 2.72. The van der Waals surface area contributed by atoms with E-state index < -0.39 is 0 Å². The molecule has 5 heteroatoms. The number of halogens is 1. The monoisotopic (exact) mass is 263 g/mol. The number of benzene rings is 1. The van der Waals surface area contributed by atoms with Crippen LogP contribution in [-0.2, 0) is 6.54 Å². The minimum atomic E-state index is -0.297. The van der Waals surface area contributed by atoms with E-state index in [1.54, 1.807) is 0 Å². The maximum atomic E-state index is 13.3. The lowest BCUT2D eigenvalue weighted by Gasteiger charge is -2.18. The fraction of sp³-hybridized carbons (Fsp3) is 0.429. The quantitative estimate of drug-likeness (QED) is 0.924. The Morgan fingerprint density at radius 2 is 2.00 bits per heavy atom. The van der Waals surface area contributed by atoms with Gasteiger partial charge in [0.05, 0.1) is 6.54 Å². The molecular formula is C14H18FN3O. The SMILES string of the molecule is Cc1cc(F)cc(-c2noc(CNC(C)(C)C)n2)c1. The van der Waals surface area contributed by atoms with Gasteiger partial charge in [-0.25, -0.2) is 4.39 Å². The van der Waals surface area contributed by atoms with Gasteiger partial charge in [-0.3, -0.25) is 0 Å². The van der Waals surface area contributed by atoms with Gasteiger partial charge in [0.2, 0.25) is 11.7 Å². The molecule has 19 heavy (non-hydrogen) atoms. The molecule has 0 aliphatic rings. The van der Waals surface area contributed by atoms with Gasteiger partial charge in [0.25, 0.3) is 0 Å². The van der Waals surface area contributed by atoms with Gasteiger partial charge in [-0.2, -0.15) is 4.98 Å². The van der Waals surface area contributed by atoms with Crippen LogP contribution in [0.5, 0.6) is 0 Å². The molecule has 0 unspecified atom stereocenters. The van der Waals surface area contributed by atoms with E-state index in [9.17, 15) is 4.39 Å². The molecular weight excluding hydrogens is 245 g/mol. The summed E-state index contributed by atoms with van der Waals surface area (Å²) in [7, 11) is 0. The van der Waals surface area contributed by atoms with E-state index in [1.165, 1.54) is 12.1 Å². The maximum absolute atomic E-state index is 13.3. The standard InChI is InChI=1S/C14H18FN3O/c1-9-5-10(7-11(15)6-9)13-17-12(19-18-13)8-16-14(2,3)4/h5-7,16H,8H2,1-4H3. The molecule has 0 bridgehead atoms. The van der Waals surface area contributed by atoms with Crippen molar-refractivity contribution in [2.24, 2.45) is 0 Å². The molecule has 2 rings (SSSR count). The van der Waals surface area contributed by atoms with Gasteiger partial charge in [-0.1, -0.05) is 5.16 Å². The van der Waals surface area contributed by atoms with Crippen LogP contribution in [0.25, 0.3) is 11.4 Å². The molecule has 1 aromatic carbocycles. The van der Waals surface area contributed by atoms with Crippen LogP contribution >= 0.6 is 0 Å². The lowest BCUT2D eigenvalue weighted by Crippen LogP contribution is -2.35. The third kappa shape index (κ3) is 3.86. The van der Waals surface area contributed by atoms with E-state index in [4.69, 9.17) is 4.52 Å². The molecule has 0 fully saturated rings. The molecule has 0 saturated carbocycles. The zero-order valence-electron chi connectivity index (χ0n) is 11.6. The van der Waals surface area contributed by atoms with Crippen molar-refractivity contribution in [3.05, 3.63) is 35.5 Å². The Balaban J connectivity index is 2.16. The van der Waals surface area contributed by atoms with Crippen LogP contribution in [0.1, 0.15) is 32.2 Å². The normalized spacial score (nSPS) is 11.8. The van der Waals surface area contributed by atoms with Crippen molar-refractivity contribution in [2.45, 2.75) is 39.8 Å². The van der Waals surface area contributed by atoms with Crippen molar-refractivity contribution in [2.75, 3.05) is 0 Å². The highest BCUT2D eigenvalue weighted by Crippen LogP contribution is 2.19. The van der Waals surface area contributed by atoms with Crippen molar-refractivity contribution in [1.29, 1.82) is 0 Å². The summed E-state index contributed by atoms with van der Waals surface area (Å²) in [5, 5.41) is 7.13. The first-order valence-corrected chi connectivity index (χ1v) is 6.19. The van der Waals surface area contributed by atoms with E-state index >= 15 is 0 Å². The number of nitrogens with zero attached hydrogens (tertiary/aromatic N) is 2. The summed E-state index contributed by atoms with van der Waals surface area (Å²) in [6.45, 7) is 8.49. The second-order valence-electron chi connectivity index (χ2n) is 5.63. The summed E-state index contributed by atoms with van der Waals surface area (Å²) in [5.74, 6) is 0.606. The zero-order valence-corrected chi connectivity index (χ0v) is 11.6. The maximum Gasteiger partial charge on any atom is 0.240 e. The van der Waals surface area contributed by atoms with Gasteiger partial charge in [0, 0.05) is 11.1 Å². The molecule has 0 radical (unpaired) electrons. The van der Waals surface area contributed by atoms with Crippen LogP contribution in [0.3, 0.4) is 0 Å². The molecule has 0 amide bonds. The highest BCUT2D eigenvalue weighted by atomic mass is 19.1. The van der Waals surface area contributed by atoms with Gasteiger partial charge >= 0.3 is 0 Å². The Labute approximate surface area is 112 Å². The van der Waals surface area contributed by atoms with Crippen molar-refractivity contribution >= 4 is 0 Å². The largest absolute Gasteiger partial charge is 0.338 e. The van der Waals surface area contributed by atoms with Gasteiger partial charge in [0.1, 0.15) is 5.82 Å². The topological polar surface area (TPSA) is 51.0 Å². The van der Waals surface area contributed by atoms with Gasteiger partial charge in [-0.15, -0.1) is 0 Å². The molecule has 1 N–H and O–H groups in total. The molecule has 102 valence electrons. The molecule has 1 aromatic heterocycles. The Morgan fingerprint density at radius 3 is 2.63 bits per heavy atom. The number of aromatic nitrogens is 2. The summed E-state index contributed by atoms with van der Waals surface area (Å²) < 4.78 is 18.5. The lowest BCUT2D eigenvalue weighted by molar-refractivity contribution is 0.336. The second-order valence-corrected chi connectivity index (χ2v) is 5.63. The first kappa shape index (κ1) is 13.7. The first-order valence-electron chi connectivity index (χ1n) is 6.19.